The van der Waals surface area contributed by atoms with Gasteiger partial charge < -0.3 is 10.3 Å². The second kappa shape index (κ2) is 4.21. The first-order chi connectivity index (χ1) is 7.25. The van der Waals surface area contributed by atoms with E-state index in [-0.39, 0.29) is 0 Å². The van der Waals surface area contributed by atoms with Gasteiger partial charge in [-0.25, -0.2) is 0 Å². The summed E-state index contributed by atoms with van der Waals surface area (Å²) in [5.41, 5.74) is 2.23. The Morgan fingerprint density at radius 1 is 1.53 bits per heavy atom. The highest BCUT2D eigenvalue weighted by Gasteiger charge is 2.01. The van der Waals surface area contributed by atoms with Gasteiger partial charge in [-0.1, -0.05) is 0 Å². The number of rotatable bonds is 4. The van der Waals surface area contributed by atoms with Crippen LogP contribution in [0.1, 0.15) is 25.6 Å². The Morgan fingerprint density at radius 2 is 2.40 bits per heavy atom. The molecule has 15 heavy (non-hydrogen) atoms. The molecule has 0 aliphatic carbocycles. The highest BCUT2D eigenvalue weighted by molar-refractivity contribution is 5.38. The molecule has 2 N–H and O–H groups in total. The zero-order valence-electron chi connectivity index (χ0n) is 9.07. The van der Waals surface area contributed by atoms with Crippen LogP contribution < -0.4 is 5.32 Å². The van der Waals surface area contributed by atoms with Crippen LogP contribution in [-0.2, 0) is 6.54 Å². The average Bonchev–Trinajstić information content (AvgIpc) is 2.86. The van der Waals surface area contributed by atoms with Gasteiger partial charge in [-0.05, 0) is 26.0 Å². The van der Waals surface area contributed by atoms with E-state index in [0.29, 0.717) is 6.04 Å². The van der Waals surface area contributed by atoms with Crippen LogP contribution in [0.2, 0.25) is 0 Å². The van der Waals surface area contributed by atoms with Crippen molar-refractivity contribution in [1.82, 2.24) is 14.8 Å². The Hall–Kier alpha value is -1.71. The molecule has 0 saturated carbocycles. The van der Waals surface area contributed by atoms with E-state index in [4.69, 9.17) is 0 Å². The number of nitrogens with zero attached hydrogens (tertiary/aromatic N) is 2. The molecular weight excluding hydrogens is 188 g/mol. The predicted octanol–water partition coefficient (Wildman–Crippen LogP) is 2.40. The lowest BCUT2D eigenvalue weighted by molar-refractivity contribution is 0.532. The summed E-state index contributed by atoms with van der Waals surface area (Å²) in [6.07, 6.45) is 5.80. The highest BCUT2D eigenvalue weighted by atomic mass is 15.3. The number of hydrogen-bond donors (Lipinski definition) is 2. The summed E-state index contributed by atoms with van der Waals surface area (Å²) < 4.78 is 1.94. The highest BCUT2D eigenvalue weighted by Crippen LogP contribution is 2.10. The predicted molar refractivity (Wildman–Crippen MR) is 60.7 cm³/mol. The van der Waals surface area contributed by atoms with Crippen molar-refractivity contribution < 1.29 is 0 Å². The van der Waals surface area contributed by atoms with Crippen LogP contribution in [-0.4, -0.2) is 14.8 Å². The second-order valence-corrected chi connectivity index (χ2v) is 3.85. The largest absolute Gasteiger partial charge is 0.377 e. The van der Waals surface area contributed by atoms with Crippen molar-refractivity contribution in [1.29, 1.82) is 0 Å². The number of anilines is 1. The molecule has 4 heteroatoms. The smallest absolute Gasteiger partial charge is 0.0729 e. The molecule has 2 aromatic rings. The van der Waals surface area contributed by atoms with Crippen molar-refractivity contribution in [2.75, 3.05) is 5.32 Å². The first-order valence-electron chi connectivity index (χ1n) is 5.16. The molecule has 0 bridgehead atoms. The first-order valence-corrected chi connectivity index (χ1v) is 5.16. The van der Waals surface area contributed by atoms with Gasteiger partial charge in [0.25, 0.3) is 0 Å². The Kier molecular flexibility index (Phi) is 2.76. The van der Waals surface area contributed by atoms with Crippen LogP contribution in [0.4, 0.5) is 5.69 Å². The van der Waals surface area contributed by atoms with Crippen LogP contribution >= 0.6 is 0 Å². The molecule has 2 aromatic heterocycles. The third-order valence-corrected chi connectivity index (χ3v) is 2.28. The van der Waals surface area contributed by atoms with Gasteiger partial charge in [0, 0.05) is 24.1 Å². The molecule has 0 fully saturated rings. The van der Waals surface area contributed by atoms with Gasteiger partial charge in [0.2, 0.25) is 0 Å². The lowest BCUT2D eigenvalue weighted by atomic mass is 10.4. The van der Waals surface area contributed by atoms with E-state index in [1.54, 1.807) is 0 Å². The summed E-state index contributed by atoms with van der Waals surface area (Å²) in [5.74, 6) is 0. The minimum atomic E-state index is 0.408. The van der Waals surface area contributed by atoms with Gasteiger partial charge in [0.05, 0.1) is 18.4 Å². The minimum absolute atomic E-state index is 0.408. The Bertz CT molecular complexity index is 400. The van der Waals surface area contributed by atoms with Crippen molar-refractivity contribution in [3.63, 3.8) is 0 Å². The van der Waals surface area contributed by atoms with Crippen molar-refractivity contribution >= 4 is 5.69 Å². The molecule has 0 aromatic carbocycles. The molecule has 4 nitrogen and oxygen atoms in total. The molecule has 0 aliphatic heterocycles. The lowest BCUT2D eigenvalue weighted by Gasteiger charge is -2.03. The van der Waals surface area contributed by atoms with Crippen LogP contribution in [0.25, 0.3) is 0 Å². The number of H-pyrrole nitrogens is 1. The third-order valence-electron chi connectivity index (χ3n) is 2.28. The molecule has 0 saturated heterocycles. The molecule has 0 aliphatic rings. The minimum Gasteiger partial charge on any atom is -0.377 e. The molecule has 0 unspecified atom stereocenters. The molecule has 2 rings (SSSR count). The van der Waals surface area contributed by atoms with Crippen molar-refractivity contribution in [2.24, 2.45) is 0 Å². The van der Waals surface area contributed by atoms with Crippen LogP contribution in [0.15, 0.2) is 30.7 Å². The van der Waals surface area contributed by atoms with Gasteiger partial charge in [-0.15, -0.1) is 0 Å². The average molecular weight is 204 g/mol. The summed E-state index contributed by atoms with van der Waals surface area (Å²) in [7, 11) is 0. The summed E-state index contributed by atoms with van der Waals surface area (Å²) in [6.45, 7) is 5.03. The second-order valence-electron chi connectivity index (χ2n) is 3.85. The fourth-order valence-corrected chi connectivity index (χ4v) is 1.39. The van der Waals surface area contributed by atoms with Gasteiger partial charge >= 0.3 is 0 Å². The van der Waals surface area contributed by atoms with E-state index < -0.39 is 0 Å². The number of nitrogens with one attached hydrogen (secondary N) is 2. The topological polar surface area (TPSA) is 45.6 Å². The van der Waals surface area contributed by atoms with Crippen molar-refractivity contribution in [3.8, 4) is 0 Å². The number of hydrogen-bond acceptors (Lipinski definition) is 2. The fraction of sp³-hybridized carbons (Fsp3) is 0.364. The molecule has 0 radical (unpaired) electrons. The summed E-state index contributed by atoms with van der Waals surface area (Å²) in [6, 6.07) is 4.46. The Labute approximate surface area is 89.3 Å². The van der Waals surface area contributed by atoms with Gasteiger partial charge in [-0.2, -0.15) is 5.10 Å². The standard InChI is InChI=1S/C11H16N4/c1-9(2)15-8-11(7-14-15)13-6-10-4-3-5-12-10/h3-5,7-9,12-13H,6H2,1-2H3. The zero-order chi connectivity index (χ0) is 10.7. The van der Waals surface area contributed by atoms with E-state index in [9.17, 15) is 0 Å². The van der Waals surface area contributed by atoms with Crippen LogP contribution in [0, 0.1) is 0 Å². The molecular formula is C11H16N4. The van der Waals surface area contributed by atoms with E-state index in [0.717, 1.165) is 12.2 Å². The van der Waals surface area contributed by atoms with Crippen LogP contribution in [0.3, 0.4) is 0 Å². The van der Waals surface area contributed by atoms with Gasteiger partial charge in [0.15, 0.2) is 0 Å². The van der Waals surface area contributed by atoms with E-state index in [1.165, 1.54) is 5.69 Å². The molecule has 0 spiro atoms. The van der Waals surface area contributed by atoms with Crippen LogP contribution in [0.5, 0.6) is 0 Å². The molecule has 80 valence electrons. The lowest BCUT2D eigenvalue weighted by Crippen LogP contribution is -2.01. The fourth-order valence-electron chi connectivity index (χ4n) is 1.39. The number of aromatic nitrogens is 3. The zero-order valence-corrected chi connectivity index (χ0v) is 9.07. The molecule has 0 amide bonds. The monoisotopic (exact) mass is 204 g/mol. The Morgan fingerprint density at radius 3 is 3.00 bits per heavy atom. The third kappa shape index (κ3) is 2.40. The maximum absolute atomic E-state index is 4.26. The SMILES string of the molecule is CC(C)n1cc(NCc2ccc[nH]2)cn1. The maximum atomic E-state index is 4.26. The van der Waals surface area contributed by atoms with Gasteiger partial charge in [-0.3, -0.25) is 4.68 Å². The maximum Gasteiger partial charge on any atom is 0.0729 e. The Balaban J connectivity index is 1.94. The molecule has 2 heterocycles. The van der Waals surface area contributed by atoms with Gasteiger partial charge in [0.1, 0.15) is 0 Å². The van der Waals surface area contributed by atoms with E-state index in [1.807, 2.05) is 29.3 Å². The summed E-state index contributed by atoms with van der Waals surface area (Å²) in [5, 5.41) is 7.57. The van der Waals surface area contributed by atoms with E-state index in [2.05, 4.69) is 35.3 Å². The normalized spacial score (nSPS) is 10.9. The number of aromatic amines is 1. The van der Waals surface area contributed by atoms with Crippen molar-refractivity contribution in [3.05, 3.63) is 36.4 Å². The molecule has 0 atom stereocenters. The first kappa shape index (κ1) is 9.83. The summed E-state index contributed by atoms with van der Waals surface area (Å²) >= 11 is 0. The van der Waals surface area contributed by atoms with E-state index >= 15 is 0 Å². The quantitative estimate of drug-likeness (QED) is 0.803. The van der Waals surface area contributed by atoms with Crippen molar-refractivity contribution in [2.45, 2.75) is 26.4 Å². The summed E-state index contributed by atoms with van der Waals surface area (Å²) in [4.78, 5) is 3.15.